The summed E-state index contributed by atoms with van der Waals surface area (Å²) >= 11 is 0. The van der Waals surface area contributed by atoms with Gasteiger partial charge in [-0.3, -0.25) is 4.79 Å². The maximum Gasteiger partial charge on any atom is 0.416 e. The average Bonchev–Trinajstić information content (AvgIpc) is 2.72. The third-order valence-electron chi connectivity index (χ3n) is 7.03. The molecule has 0 bridgehead atoms. The van der Waals surface area contributed by atoms with Crippen molar-refractivity contribution >= 4 is 5.97 Å². The predicted octanol–water partition coefficient (Wildman–Crippen LogP) is 7.41. The third-order valence-corrected chi connectivity index (χ3v) is 7.03. The van der Waals surface area contributed by atoms with E-state index in [9.17, 15) is 18.0 Å². The Morgan fingerprint density at radius 1 is 0.931 bits per heavy atom. The molecular formula is C24H33F3O2. The first-order valence-electron chi connectivity index (χ1n) is 11.3. The quantitative estimate of drug-likeness (QED) is 0.360. The molecule has 0 aromatic heterocycles. The predicted molar refractivity (Wildman–Crippen MR) is 108 cm³/mol. The van der Waals surface area contributed by atoms with Crippen molar-refractivity contribution in [3.8, 4) is 5.75 Å². The number of ether oxygens (including phenoxy) is 1. The minimum atomic E-state index is -4.38. The molecular weight excluding hydrogens is 377 g/mol. The molecule has 0 heterocycles. The van der Waals surface area contributed by atoms with Gasteiger partial charge >= 0.3 is 12.1 Å². The van der Waals surface area contributed by atoms with Crippen LogP contribution in [-0.4, -0.2) is 5.97 Å². The zero-order valence-electron chi connectivity index (χ0n) is 17.3. The summed E-state index contributed by atoms with van der Waals surface area (Å²) in [5, 5.41) is 0. The van der Waals surface area contributed by atoms with Crippen molar-refractivity contribution in [3.63, 3.8) is 0 Å². The van der Waals surface area contributed by atoms with Crippen molar-refractivity contribution in [3.05, 3.63) is 29.8 Å². The summed E-state index contributed by atoms with van der Waals surface area (Å²) < 4.78 is 43.2. The molecule has 0 atom stereocenters. The smallest absolute Gasteiger partial charge is 0.416 e. The van der Waals surface area contributed by atoms with Gasteiger partial charge in [0.2, 0.25) is 0 Å². The maximum atomic E-state index is 12.6. The Morgan fingerprint density at radius 3 is 2.00 bits per heavy atom. The Labute approximate surface area is 172 Å². The molecule has 0 saturated heterocycles. The molecule has 0 radical (unpaired) electrons. The van der Waals surface area contributed by atoms with E-state index in [1.54, 1.807) is 0 Å². The van der Waals surface area contributed by atoms with Crippen LogP contribution in [0.1, 0.15) is 83.1 Å². The lowest BCUT2D eigenvalue weighted by Crippen LogP contribution is -2.30. The molecule has 3 rings (SSSR count). The number of hydrogen-bond acceptors (Lipinski definition) is 2. The fourth-order valence-corrected chi connectivity index (χ4v) is 5.18. The van der Waals surface area contributed by atoms with Crippen LogP contribution in [0.15, 0.2) is 24.3 Å². The van der Waals surface area contributed by atoms with Gasteiger partial charge in [-0.15, -0.1) is 0 Å². The van der Waals surface area contributed by atoms with Crippen LogP contribution in [-0.2, 0) is 11.0 Å². The van der Waals surface area contributed by atoms with Crippen molar-refractivity contribution < 1.29 is 22.7 Å². The summed E-state index contributed by atoms with van der Waals surface area (Å²) in [5.41, 5.74) is -0.734. The Morgan fingerprint density at radius 2 is 1.48 bits per heavy atom. The van der Waals surface area contributed by atoms with E-state index in [0.717, 1.165) is 55.6 Å². The van der Waals surface area contributed by atoms with Gasteiger partial charge in [-0.1, -0.05) is 39.0 Å². The second-order valence-corrected chi connectivity index (χ2v) is 8.98. The van der Waals surface area contributed by atoms with Gasteiger partial charge in [0.15, 0.2) is 0 Å². The molecule has 162 valence electrons. The molecule has 5 heteroatoms. The van der Waals surface area contributed by atoms with E-state index in [2.05, 4.69) is 6.92 Å². The first-order valence-corrected chi connectivity index (χ1v) is 11.3. The highest BCUT2D eigenvalue weighted by Gasteiger charge is 2.34. The number of alkyl halides is 3. The fourth-order valence-electron chi connectivity index (χ4n) is 5.18. The summed E-state index contributed by atoms with van der Waals surface area (Å²) in [6.07, 6.45) is 8.82. The molecule has 0 spiro atoms. The van der Waals surface area contributed by atoms with Crippen LogP contribution in [0.4, 0.5) is 13.2 Å². The topological polar surface area (TPSA) is 26.3 Å². The highest BCUT2D eigenvalue weighted by Crippen LogP contribution is 2.42. The Kier molecular flexibility index (Phi) is 7.64. The summed E-state index contributed by atoms with van der Waals surface area (Å²) in [6, 6.07) is 4.36. The molecule has 1 aromatic rings. The van der Waals surface area contributed by atoms with Gasteiger partial charge in [0.05, 0.1) is 11.5 Å². The molecule has 29 heavy (non-hydrogen) atoms. The number of carbonyl (C=O) groups is 1. The second-order valence-electron chi connectivity index (χ2n) is 8.98. The maximum absolute atomic E-state index is 12.6. The summed E-state index contributed by atoms with van der Waals surface area (Å²) in [5.74, 6) is 2.20. The first-order chi connectivity index (χ1) is 13.9. The van der Waals surface area contributed by atoms with Gasteiger partial charge in [0.25, 0.3) is 0 Å². The molecule has 0 unspecified atom stereocenters. The third kappa shape index (κ3) is 6.23. The number of halogens is 3. The molecule has 1 aromatic carbocycles. The Bertz CT molecular complexity index is 637. The van der Waals surface area contributed by atoms with Gasteiger partial charge in [-0.2, -0.15) is 13.2 Å². The van der Waals surface area contributed by atoms with E-state index in [1.807, 2.05) is 0 Å². The minimum absolute atomic E-state index is 0.130. The largest absolute Gasteiger partial charge is 0.426 e. The van der Waals surface area contributed by atoms with Crippen LogP contribution >= 0.6 is 0 Å². The van der Waals surface area contributed by atoms with Crippen LogP contribution < -0.4 is 4.74 Å². The van der Waals surface area contributed by atoms with E-state index < -0.39 is 11.7 Å². The van der Waals surface area contributed by atoms with Crippen molar-refractivity contribution in [1.29, 1.82) is 0 Å². The second kappa shape index (κ2) is 9.99. The molecule has 0 aliphatic heterocycles. The van der Waals surface area contributed by atoms with Gasteiger partial charge in [0, 0.05) is 0 Å². The number of hydrogen-bond donors (Lipinski definition) is 0. The van der Waals surface area contributed by atoms with Gasteiger partial charge in [-0.05, 0) is 80.5 Å². The lowest BCUT2D eigenvalue weighted by molar-refractivity contribution is -0.140. The lowest BCUT2D eigenvalue weighted by atomic mass is 9.68. The zero-order valence-corrected chi connectivity index (χ0v) is 17.3. The van der Waals surface area contributed by atoms with Gasteiger partial charge in [-0.25, -0.2) is 0 Å². The molecule has 2 aliphatic carbocycles. The van der Waals surface area contributed by atoms with E-state index >= 15 is 0 Å². The number of benzene rings is 1. The fraction of sp³-hybridized carbons (Fsp3) is 0.708. The number of unbranched alkanes of at least 4 members (excludes halogenated alkanes) is 1. The summed E-state index contributed by atoms with van der Waals surface area (Å²) in [6.45, 7) is 2.26. The van der Waals surface area contributed by atoms with Crippen molar-refractivity contribution in [1.82, 2.24) is 0 Å². The van der Waals surface area contributed by atoms with E-state index in [4.69, 9.17) is 4.74 Å². The van der Waals surface area contributed by atoms with Crippen molar-refractivity contribution in [2.75, 3.05) is 0 Å². The number of carbonyl (C=O) groups excluding carboxylic acids is 1. The number of rotatable bonds is 6. The van der Waals surface area contributed by atoms with Crippen LogP contribution in [0.5, 0.6) is 5.75 Å². The SMILES string of the molecule is CCCC[C@H]1CC[C@H]([C@H]2CC[C@H](C(=O)Oc3ccc(C(F)(F)F)cc3)CC2)CC1. The van der Waals surface area contributed by atoms with Crippen LogP contribution in [0.2, 0.25) is 0 Å². The molecule has 2 fully saturated rings. The monoisotopic (exact) mass is 410 g/mol. The van der Waals surface area contributed by atoms with E-state index in [-0.39, 0.29) is 17.6 Å². The lowest BCUT2D eigenvalue weighted by Gasteiger charge is -2.37. The van der Waals surface area contributed by atoms with E-state index in [1.165, 1.54) is 57.1 Å². The molecule has 2 saturated carbocycles. The Balaban J connectivity index is 1.42. The average molecular weight is 411 g/mol. The van der Waals surface area contributed by atoms with Crippen molar-refractivity contribution in [2.45, 2.75) is 83.7 Å². The van der Waals surface area contributed by atoms with E-state index in [0.29, 0.717) is 0 Å². The normalized spacial score (nSPS) is 28.1. The molecule has 0 N–H and O–H groups in total. The molecule has 0 amide bonds. The van der Waals surface area contributed by atoms with Crippen molar-refractivity contribution in [2.24, 2.45) is 23.7 Å². The van der Waals surface area contributed by atoms with Crippen LogP contribution in [0.3, 0.4) is 0 Å². The molecule has 2 nitrogen and oxygen atoms in total. The minimum Gasteiger partial charge on any atom is -0.426 e. The highest BCUT2D eigenvalue weighted by molar-refractivity contribution is 5.75. The zero-order chi connectivity index (χ0) is 20.9. The van der Waals surface area contributed by atoms with Gasteiger partial charge < -0.3 is 4.74 Å². The standard InChI is InChI=1S/C24H33F3O2/c1-2-3-4-17-5-7-18(8-6-17)19-9-11-20(12-10-19)23(28)29-22-15-13-21(14-16-22)24(25,26)27/h13-20H,2-12H2,1H3/t17-,18-,19-,20-. The molecule has 2 aliphatic rings. The van der Waals surface area contributed by atoms with Gasteiger partial charge in [0.1, 0.15) is 5.75 Å². The van der Waals surface area contributed by atoms with Crippen LogP contribution in [0, 0.1) is 23.7 Å². The Hall–Kier alpha value is -1.52. The van der Waals surface area contributed by atoms with Crippen LogP contribution in [0.25, 0.3) is 0 Å². The first kappa shape index (κ1) is 22.2. The highest BCUT2D eigenvalue weighted by atomic mass is 19.4. The number of esters is 1. The summed E-state index contributed by atoms with van der Waals surface area (Å²) in [4.78, 5) is 12.4. The summed E-state index contributed by atoms with van der Waals surface area (Å²) in [7, 11) is 0.